The predicted octanol–water partition coefficient (Wildman–Crippen LogP) is 5.94. The van der Waals surface area contributed by atoms with Gasteiger partial charge in [-0.25, -0.2) is 4.79 Å². The summed E-state index contributed by atoms with van der Waals surface area (Å²) >= 11 is 7.93. The number of hydrogen-bond donors (Lipinski definition) is 3. The number of aliphatic imine (C=N–C) groups is 1. The number of ether oxygens (including phenoxy) is 29. The van der Waals surface area contributed by atoms with Gasteiger partial charge in [0.25, 0.3) is 0 Å². The lowest BCUT2D eigenvalue weighted by Gasteiger charge is -2.13. The van der Waals surface area contributed by atoms with Crippen molar-refractivity contribution in [2.75, 3.05) is 388 Å². The molecular formula is C84H139ClN6O32S. The normalized spacial score (nSPS) is 12.6. The molecule has 2 amide bonds. The van der Waals surface area contributed by atoms with Crippen molar-refractivity contribution >= 4 is 46.3 Å². The number of hydrogen-bond acceptors (Lipinski definition) is 35. The molecule has 2 aromatic heterocycles. The number of benzene rings is 2. The molecule has 4 aromatic rings. The van der Waals surface area contributed by atoms with Gasteiger partial charge in [-0.2, -0.15) is 0 Å². The van der Waals surface area contributed by atoms with E-state index in [1.807, 2.05) is 35.8 Å². The van der Waals surface area contributed by atoms with E-state index in [0.717, 1.165) is 33.2 Å². The lowest BCUT2D eigenvalue weighted by molar-refractivity contribution is -0.116. The van der Waals surface area contributed by atoms with Crippen molar-refractivity contribution in [1.29, 1.82) is 0 Å². The monoisotopic (exact) mass is 1810 g/mol. The maximum Gasteiger partial charge on any atom is 0.404 e. The second-order valence-corrected chi connectivity index (χ2v) is 28.0. The summed E-state index contributed by atoms with van der Waals surface area (Å²) < 4.78 is 163. The summed E-state index contributed by atoms with van der Waals surface area (Å²) in [6, 6.07) is 14.2. The molecule has 1 aliphatic heterocycles. The Balaban J connectivity index is 0.613. The summed E-state index contributed by atoms with van der Waals surface area (Å²) in [5, 5.41) is 24.2. The number of fused-ring (bicyclic) bond motifs is 3. The van der Waals surface area contributed by atoms with Crippen LogP contribution in [-0.4, -0.2) is 421 Å². The first kappa shape index (κ1) is 109. The van der Waals surface area contributed by atoms with Crippen LogP contribution in [-0.2, 0) is 137 Å². The zero-order valence-corrected chi connectivity index (χ0v) is 74.7. The second kappa shape index (κ2) is 79.8. The van der Waals surface area contributed by atoms with E-state index in [-0.39, 0.29) is 18.9 Å². The molecule has 0 aliphatic carbocycles. The third-order valence-electron chi connectivity index (χ3n) is 16.9. The SMILES string of the molecule is Cc1sc2c(c1C)C(c1ccc(Cl)cc1)=N[C@@H](CC(=O)Nc1ccc(OCCOCCOCCOCCOCCOCCOCCOCCOCCOCCOCCOCCOCCOCCOCCOCCOCCOCCOCCOCCOCCOCCOCCOCCOCCOCCOCCOCCOCCNC(=O)O)cc1)c1nnc(C)n1-2. The largest absolute Gasteiger partial charge is 0.491 e. The number of thiophene rings is 1. The van der Waals surface area contributed by atoms with E-state index in [2.05, 4.69) is 34.7 Å². The number of carbonyl (C=O) groups is 2. The molecule has 0 unspecified atom stereocenters. The van der Waals surface area contributed by atoms with E-state index in [1.165, 1.54) is 4.88 Å². The molecular weight excluding hydrogens is 1670 g/mol. The van der Waals surface area contributed by atoms with E-state index in [9.17, 15) is 9.59 Å². The summed E-state index contributed by atoms with van der Waals surface area (Å²) in [6.07, 6.45) is -1.01. The number of aryl methyl sites for hydroxylation is 2. The quantitative estimate of drug-likeness (QED) is 0.0430. The number of carbonyl (C=O) groups excluding carboxylic acids is 1. The number of anilines is 1. The van der Waals surface area contributed by atoms with Crippen LogP contribution in [0, 0.1) is 20.8 Å². The fourth-order valence-electron chi connectivity index (χ4n) is 10.6. The fraction of sp³-hybridized carbons (Fsp3) is 0.750. The predicted molar refractivity (Wildman–Crippen MR) is 457 cm³/mol. The van der Waals surface area contributed by atoms with Gasteiger partial charge in [-0.15, -0.1) is 21.5 Å². The molecule has 5 rings (SSSR count). The lowest BCUT2D eigenvalue weighted by atomic mass is 9.99. The summed E-state index contributed by atoms with van der Waals surface area (Å²) in [5.41, 5.74) is 4.47. The Bertz CT molecular complexity index is 3160. The van der Waals surface area contributed by atoms with Gasteiger partial charge in [0.2, 0.25) is 5.91 Å². The smallest absolute Gasteiger partial charge is 0.404 e. The molecule has 2 aromatic carbocycles. The van der Waals surface area contributed by atoms with Gasteiger partial charge in [-0.1, -0.05) is 23.7 Å². The standard InChI is InChI=1S/C84H139ClN6O32S/c1-71-72(2)124-83-80(71)81(74-4-6-75(85)7-5-74)88-78(82-90-89-73(3)91(82)83)70-79(92)87-76-8-10-77(11-9-76)123-69-68-122-67-66-121-65-64-120-63-62-119-61-60-118-59-58-117-57-56-116-55-54-115-53-52-114-51-50-113-49-48-112-47-46-111-45-44-110-43-42-109-41-40-108-39-38-107-37-36-106-35-34-105-33-32-104-31-30-103-29-28-102-27-26-101-25-24-100-23-22-99-21-20-98-19-18-97-17-16-96-15-14-95-13-12-86-84(93)94/h4-11,78,86H,12-70H2,1-3H3,(H,87,92)(H,93,94)/t78-/m0/s1. The second-order valence-electron chi connectivity index (χ2n) is 26.4. The van der Waals surface area contributed by atoms with Gasteiger partial charge in [0.15, 0.2) is 5.82 Å². The number of halogens is 1. The van der Waals surface area contributed by atoms with Crippen molar-refractivity contribution in [3.8, 4) is 10.8 Å². The highest BCUT2D eigenvalue weighted by Gasteiger charge is 2.33. The highest BCUT2D eigenvalue weighted by molar-refractivity contribution is 7.15. The van der Waals surface area contributed by atoms with Crippen LogP contribution in [0.4, 0.5) is 10.5 Å². The molecule has 3 N–H and O–H groups in total. The number of carboxylic acid groups (broad SMARTS) is 1. The van der Waals surface area contributed by atoms with E-state index in [1.54, 1.807) is 35.6 Å². The van der Waals surface area contributed by atoms with Crippen LogP contribution in [0.15, 0.2) is 53.5 Å². The molecule has 38 nitrogen and oxygen atoms in total. The van der Waals surface area contributed by atoms with Crippen LogP contribution in [0.3, 0.4) is 0 Å². The van der Waals surface area contributed by atoms with Crippen molar-refractivity contribution < 1.29 is 152 Å². The summed E-state index contributed by atoms with van der Waals surface area (Å²) in [7, 11) is 0. The summed E-state index contributed by atoms with van der Waals surface area (Å²) in [6.45, 7) is 32.4. The first-order valence-electron chi connectivity index (χ1n) is 42.7. The molecule has 40 heteroatoms. The third-order valence-corrected chi connectivity index (χ3v) is 18.4. The minimum Gasteiger partial charge on any atom is -0.491 e. The molecule has 0 saturated carbocycles. The van der Waals surface area contributed by atoms with E-state index in [0.29, 0.717) is 399 Å². The van der Waals surface area contributed by atoms with Crippen LogP contribution >= 0.6 is 22.9 Å². The molecule has 0 radical (unpaired) electrons. The molecule has 1 aliphatic rings. The minimum absolute atomic E-state index is 0.0618. The first-order chi connectivity index (χ1) is 61.2. The van der Waals surface area contributed by atoms with Crippen molar-refractivity contribution in [2.24, 2.45) is 4.99 Å². The number of rotatable bonds is 92. The van der Waals surface area contributed by atoms with Gasteiger partial charge in [-0.05, 0) is 62.7 Å². The Kier molecular flexibility index (Phi) is 70.3. The molecule has 124 heavy (non-hydrogen) atoms. The van der Waals surface area contributed by atoms with Gasteiger partial charge in [-0.3, -0.25) is 14.4 Å². The zero-order chi connectivity index (χ0) is 87.8. The first-order valence-corrected chi connectivity index (χ1v) is 43.9. The fourth-order valence-corrected chi connectivity index (χ4v) is 12.0. The lowest BCUT2D eigenvalue weighted by Crippen LogP contribution is -2.25. The van der Waals surface area contributed by atoms with Crippen LogP contribution in [0.2, 0.25) is 5.02 Å². The van der Waals surface area contributed by atoms with Gasteiger partial charge in [0.1, 0.15) is 29.2 Å². The molecule has 0 spiro atoms. The zero-order valence-electron chi connectivity index (χ0n) is 73.1. The Morgan fingerprint density at radius 2 is 0.613 bits per heavy atom. The van der Waals surface area contributed by atoms with E-state index >= 15 is 0 Å². The molecule has 0 saturated heterocycles. The molecule has 0 bridgehead atoms. The number of amides is 2. The van der Waals surface area contributed by atoms with Crippen LogP contribution in [0.5, 0.6) is 5.75 Å². The van der Waals surface area contributed by atoms with Crippen molar-refractivity contribution in [2.45, 2.75) is 33.2 Å². The molecule has 710 valence electrons. The highest BCUT2D eigenvalue weighted by atomic mass is 35.5. The maximum absolute atomic E-state index is 13.6. The molecule has 3 heterocycles. The third kappa shape index (κ3) is 59.0. The van der Waals surface area contributed by atoms with Gasteiger partial charge < -0.3 is 153 Å². The van der Waals surface area contributed by atoms with Gasteiger partial charge in [0, 0.05) is 33.3 Å². The van der Waals surface area contributed by atoms with Crippen LogP contribution < -0.4 is 15.4 Å². The average molecular weight is 1810 g/mol. The van der Waals surface area contributed by atoms with Crippen molar-refractivity contribution in [3.05, 3.63) is 86.8 Å². The van der Waals surface area contributed by atoms with Crippen LogP contribution in [0.25, 0.3) is 5.00 Å². The Morgan fingerprint density at radius 1 is 0.355 bits per heavy atom. The number of aromatic nitrogens is 3. The number of nitrogens with one attached hydrogen (secondary N) is 2. The molecule has 0 fully saturated rings. The van der Waals surface area contributed by atoms with Crippen molar-refractivity contribution in [1.82, 2.24) is 20.1 Å². The van der Waals surface area contributed by atoms with Gasteiger partial charge in [0.05, 0.1) is 382 Å². The maximum atomic E-state index is 13.6. The summed E-state index contributed by atoms with van der Waals surface area (Å²) in [5.74, 6) is 1.79. The van der Waals surface area contributed by atoms with Crippen molar-refractivity contribution in [3.63, 3.8) is 0 Å². The van der Waals surface area contributed by atoms with Gasteiger partial charge >= 0.3 is 6.09 Å². The number of nitrogens with zero attached hydrogens (tertiary/aromatic N) is 4. The molecule has 1 atom stereocenters. The van der Waals surface area contributed by atoms with E-state index in [4.69, 9.17) is 159 Å². The topological polar surface area (TPSA) is 389 Å². The minimum atomic E-state index is -1.07. The highest BCUT2D eigenvalue weighted by Crippen LogP contribution is 2.40. The summed E-state index contributed by atoms with van der Waals surface area (Å²) in [4.78, 5) is 30.3. The Morgan fingerprint density at radius 3 is 0.879 bits per heavy atom. The average Bonchev–Trinajstić information content (AvgIpc) is 1.59. The Hall–Kier alpha value is -5.34. The van der Waals surface area contributed by atoms with Crippen LogP contribution in [0.1, 0.15) is 45.7 Å². The van der Waals surface area contributed by atoms with E-state index < -0.39 is 12.1 Å². The Labute approximate surface area is 739 Å².